The van der Waals surface area contributed by atoms with Crippen molar-refractivity contribution in [3.8, 4) is 0 Å². The van der Waals surface area contributed by atoms with Crippen LogP contribution in [-0.4, -0.2) is 18.5 Å². The summed E-state index contributed by atoms with van der Waals surface area (Å²) in [6.07, 6.45) is 5.91. The number of hydrogen-bond donors (Lipinski definition) is 2. The number of nitrogens with one attached hydrogen (secondary N) is 2. The van der Waals surface area contributed by atoms with Crippen LogP contribution in [0.15, 0.2) is 62.7 Å². The Morgan fingerprint density at radius 3 is 1.52 bits per heavy atom. The van der Waals surface area contributed by atoms with Crippen LogP contribution < -0.4 is 10.6 Å². The number of hydrogen-bond acceptors (Lipinski definition) is 2. The van der Waals surface area contributed by atoms with Gasteiger partial charge in [-0.1, -0.05) is 62.7 Å². The molecule has 0 radical (unpaired) electrons. The fraction of sp³-hybridized carbons (Fsp3) is 0.0588. The molecule has 2 N–H and O–H groups in total. The van der Waals surface area contributed by atoms with E-state index in [0.29, 0.717) is 0 Å². The molecule has 0 spiro atoms. The first-order valence-corrected chi connectivity index (χ1v) is 6.23. The van der Waals surface area contributed by atoms with Crippen molar-refractivity contribution in [1.29, 1.82) is 0 Å². The Morgan fingerprint density at radius 2 is 1.24 bits per heavy atom. The zero-order chi connectivity index (χ0) is 16.1. The van der Waals surface area contributed by atoms with Gasteiger partial charge in [0.15, 0.2) is 0 Å². The standard InChI is InChI=1S/C10H10.C7H10N2O2/c1-3-9-7-5-6-8-10(9)4-2;1-3-6(10)8-5-9-7(11)4-2/h3-8H,1-2H2;3-4H,1-2,5H2,(H,8,10)(H,9,11). The highest BCUT2D eigenvalue weighted by molar-refractivity contribution is 5.89. The zero-order valence-electron chi connectivity index (χ0n) is 12.0. The van der Waals surface area contributed by atoms with Gasteiger partial charge in [-0.25, -0.2) is 0 Å². The van der Waals surface area contributed by atoms with E-state index in [9.17, 15) is 9.59 Å². The van der Waals surface area contributed by atoms with Gasteiger partial charge in [0.2, 0.25) is 11.8 Å². The third-order valence-electron chi connectivity index (χ3n) is 2.33. The Hall–Kier alpha value is -2.88. The molecule has 0 aromatic heterocycles. The average Bonchev–Trinajstić information content (AvgIpc) is 2.54. The van der Waals surface area contributed by atoms with E-state index < -0.39 is 0 Å². The molecular weight excluding hydrogens is 264 g/mol. The second kappa shape index (κ2) is 11.0. The van der Waals surface area contributed by atoms with Crippen LogP contribution in [0.5, 0.6) is 0 Å². The highest BCUT2D eigenvalue weighted by atomic mass is 16.2. The molecular formula is C17H20N2O2. The molecule has 0 fully saturated rings. The Bertz CT molecular complexity index is 486. The minimum atomic E-state index is -0.325. The van der Waals surface area contributed by atoms with E-state index in [1.165, 1.54) is 0 Å². The highest BCUT2D eigenvalue weighted by Crippen LogP contribution is 2.10. The third kappa shape index (κ3) is 8.00. The lowest BCUT2D eigenvalue weighted by Crippen LogP contribution is -2.35. The zero-order valence-corrected chi connectivity index (χ0v) is 12.0. The summed E-state index contributed by atoms with van der Waals surface area (Å²) in [4.78, 5) is 21.0. The number of carbonyl (C=O) groups excluding carboxylic acids is 2. The van der Waals surface area contributed by atoms with E-state index >= 15 is 0 Å². The molecule has 1 rings (SSSR count). The van der Waals surface area contributed by atoms with E-state index in [4.69, 9.17) is 0 Å². The molecule has 0 saturated carbocycles. The smallest absolute Gasteiger partial charge is 0.244 e. The molecule has 21 heavy (non-hydrogen) atoms. The number of amides is 2. The predicted molar refractivity (Wildman–Crippen MR) is 88.2 cm³/mol. The minimum absolute atomic E-state index is 0.0930. The molecule has 0 aliphatic rings. The van der Waals surface area contributed by atoms with Crippen molar-refractivity contribution in [2.24, 2.45) is 0 Å². The van der Waals surface area contributed by atoms with Gasteiger partial charge in [0.1, 0.15) is 0 Å². The van der Waals surface area contributed by atoms with Gasteiger partial charge in [-0.05, 0) is 23.3 Å². The van der Waals surface area contributed by atoms with Gasteiger partial charge in [0, 0.05) is 0 Å². The van der Waals surface area contributed by atoms with E-state index in [2.05, 4.69) is 36.9 Å². The van der Waals surface area contributed by atoms with Crippen molar-refractivity contribution in [2.45, 2.75) is 0 Å². The molecule has 4 nitrogen and oxygen atoms in total. The number of rotatable bonds is 6. The summed E-state index contributed by atoms with van der Waals surface area (Å²) in [5, 5.41) is 4.72. The lowest BCUT2D eigenvalue weighted by Gasteiger charge is -2.01. The Morgan fingerprint density at radius 1 is 0.857 bits per heavy atom. The van der Waals surface area contributed by atoms with Crippen LogP contribution in [0.25, 0.3) is 12.2 Å². The van der Waals surface area contributed by atoms with E-state index in [1.54, 1.807) is 0 Å². The fourth-order valence-corrected chi connectivity index (χ4v) is 1.25. The van der Waals surface area contributed by atoms with Crippen molar-refractivity contribution in [3.63, 3.8) is 0 Å². The first-order chi connectivity index (χ1) is 10.1. The molecule has 4 heteroatoms. The van der Waals surface area contributed by atoms with Gasteiger partial charge in [0.05, 0.1) is 6.67 Å². The second-order valence-electron chi connectivity index (χ2n) is 3.70. The van der Waals surface area contributed by atoms with Gasteiger partial charge in [0.25, 0.3) is 0 Å². The SMILES string of the molecule is C=CC(=O)NCNC(=O)C=C.C=Cc1ccccc1C=C. The fourth-order valence-electron chi connectivity index (χ4n) is 1.25. The van der Waals surface area contributed by atoms with Crippen LogP contribution in [0.1, 0.15) is 11.1 Å². The molecule has 0 bridgehead atoms. The van der Waals surface area contributed by atoms with Crippen molar-refractivity contribution in [3.05, 3.63) is 73.9 Å². The van der Waals surface area contributed by atoms with E-state index in [-0.39, 0.29) is 18.5 Å². The Labute approximate surface area is 125 Å². The van der Waals surface area contributed by atoms with Crippen LogP contribution in [0.4, 0.5) is 0 Å². The molecule has 0 aliphatic heterocycles. The summed E-state index contributed by atoms with van der Waals surface area (Å²) in [6, 6.07) is 8.02. The molecule has 1 aromatic carbocycles. The van der Waals surface area contributed by atoms with Crippen LogP contribution >= 0.6 is 0 Å². The topological polar surface area (TPSA) is 58.2 Å². The summed E-state index contributed by atoms with van der Waals surface area (Å²) in [6.45, 7) is 13.9. The molecule has 110 valence electrons. The first-order valence-electron chi connectivity index (χ1n) is 6.23. The maximum atomic E-state index is 10.5. The summed E-state index contributed by atoms with van der Waals surface area (Å²) in [5.41, 5.74) is 2.27. The summed E-state index contributed by atoms with van der Waals surface area (Å²) >= 11 is 0. The maximum absolute atomic E-state index is 10.5. The van der Waals surface area contributed by atoms with Crippen LogP contribution in [-0.2, 0) is 9.59 Å². The molecule has 1 aromatic rings. The summed E-state index contributed by atoms with van der Waals surface area (Å²) in [5.74, 6) is -0.649. The van der Waals surface area contributed by atoms with E-state index in [0.717, 1.165) is 23.3 Å². The molecule has 0 heterocycles. The quantitative estimate of drug-likeness (QED) is 0.623. The van der Waals surface area contributed by atoms with Crippen molar-refractivity contribution in [2.75, 3.05) is 6.67 Å². The van der Waals surface area contributed by atoms with Crippen LogP contribution in [0.2, 0.25) is 0 Å². The Balaban J connectivity index is 0.000000382. The third-order valence-corrected chi connectivity index (χ3v) is 2.33. The number of benzene rings is 1. The molecule has 0 aliphatic carbocycles. The maximum Gasteiger partial charge on any atom is 0.244 e. The first kappa shape index (κ1) is 18.1. The normalized spacial score (nSPS) is 8.38. The van der Waals surface area contributed by atoms with Crippen molar-refractivity contribution in [1.82, 2.24) is 10.6 Å². The summed E-state index contributed by atoms with van der Waals surface area (Å²) < 4.78 is 0. The predicted octanol–water partition coefficient (Wildman–Crippen LogP) is 2.52. The molecule has 0 atom stereocenters. The molecule has 2 amide bonds. The molecule has 0 unspecified atom stereocenters. The average molecular weight is 284 g/mol. The van der Waals surface area contributed by atoms with Crippen molar-refractivity contribution < 1.29 is 9.59 Å². The lowest BCUT2D eigenvalue weighted by molar-refractivity contribution is -0.118. The Kier molecular flexibility index (Phi) is 9.48. The van der Waals surface area contributed by atoms with Crippen molar-refractivity contribution >= 4 is 24.0 Å². The van der Waals surface area contributed by atoms with Crippen LogP contribution in [0, 0.1) is 0 Å². The van der Waals surface area contributed by atoms with Gasteiger partial charge in [-0.2, -0.15) is 0 Å². The van der Waals surface area contributed by atoms with E-state index in [1.807, 2.05) is 36.4 Å². The summed E-state index contributed by atoms with van der Waals surface area (Å²) in [7, 11) is 0. The highest BCUT2D eigenvalue weighted by Gasteiger charge is 1.93. The second-order valence-corrected chi connectivity index (χ2v) is 3.70. The number of carbonyl (C=O) groups is 2. The van der Waals surface area contributed by atoms with Gasteiger partial charge >= 0.3 is 0 Å². The van der Waals surface area contributed by atoms with Gasteiger partial charge in [-0.15, -0.1) is 0 Å². The minimum Gasteiger partial charge on any atom is -0.335 e. The molecule has 0 saturated heterocycles. The largest absolute Gasteiger partial charge is 0.335 e. The lowest BCUT2D eigenvalue weighted by atomic mass is 10.1. The monoisotopic (exact) mass is 284 g/mol. The van der Waals surface area contributed by atoms with Gasteiger partial charge < -0.3 is 10.6 Å². The van der Waals surface area contributed by atoms with Crippen LogP contribution in [0.3, 0.4) is 0 Å². The van der Waals surface area contributed by atoms with Gasteiger partial charge in [-0.3, -0.25) is 9.59 Å².